The van der Waals surface area contributed by atoms with E-state index in [0.717, 1.165) is 31.7 Å². The number of aromatic amines is 1. The molecule has 3 heteroatoms. The number of benzene rings is 1. The van der Waals surface area contributed by atoms with Gasteiger partial charge in [-0.3, -0.25) is 0 Å². The first kappa shape index (κ1) is 11.4. The van der Waals surface area contributed by atoms with Crippen molar-refractivity contribution >= 4 is 10.9 Å². The van der Waals surface area contributed by atoms with Gasteiger partial charge in [0.2, 0.25) is 0 Å². The maximum Gasteiger partial charge on any atom is 0.128 e. The quantitative estimate of drug-likeness (QED) is 0.822. The smallest absolute Gasteiger partial charge is 0.128 e. The number of H-pyrrole nitrogens is 1. The average molecular weight is 256 g/mol. The Labute approximate surface area is 113 Å². The average Bonchev–Trinajstić information content (AvgIpc) is 2.96. The number of fused-ring (bicyclic) bond motifs is 5. The molecule has 2 aliphatic rings. The monoisotopic (exact) mass is 256 g/mol. The van der Waals surface area contributed by atoms with E-state index in [-0.39, 0.29) is 0 Å². The van der Waals surface area contributed by atoms with E-state index in [1.165, 1.54) is 52.5 Å². The molecule has 0 unspecified atom stereocenters. The van der Waals surface area contributed by atoms with Gasteiger partial charge in [0.1, 0.15) is 5.75 Å². The summed E-state index contributed by atoms with van der Waals surface area (Å²) in [6.07, 6.45) is 5.90. The first-order valence-corrected chi connectivity index (χ1v) is 7.31. The number of ether oxygens (including phenoxy) is 1. The van der Waals surface area contributed by atoms with Gasteiger partial charge in [-0.1, -0.05) is 0 Å². The highest BCUT2D eigenvalue weighted by Gasteiger charge is 2.23. The lowest BCUT2D eigenvalue weighted by atomic mass is 10.0. The highest BCUT2D eigenvalue weighted by atomic mass is 16.5. The Kier molecular flexibility index (Phi) is 2.55. The first-order valence-electron chi connectivity index (χ1n) is 7.31. The second-order valence-corrected chi connectivity index (χ2v) is 5.65. The third-order valence-corrected chi connectivity index (χ3v) is 4.63. The van der Waals surface area contributed by atoms with E-state index in [1.807, 2.05) is 0 Å². The van der Waals surface area contributed by atoms with E-state index in [1.54, 1.807) is 7.11 Å². The minimum Gasteiger partial charge on any atom is -0.496 e. The third-order valence-electron chi connectivity index (χ3n) is 4.63. The van der Waals surface area contributed by atoms with Crippen molar-refractivity contribution in [3.8, 4) is 5.75 Å². The van der Waals surface area contributed by atoms with Gasteiger partial charge in [-0.15, -0.1) is 0 Å². The van der Waals surface area contributed by atoms with Crippen molar-refractivity contribution < 1.29 is 4.74 Å². The zero-order chi connectivity index (χ0) is 12.8. The first-order chi connectivity index (χ1) is 9.38. The van der Waals surface area contributed by atoms with Crippen LogP contribution in [0.2, 0.25) is 0 Å². The summed E-state index contributed by atoms with van der Waals surface area (Å²) in [5.41, 5.74) is 7.28. The van der Waals surface area contributed by atoms with Crippen LogP contribution in [0, 0.1) is 0 Å². The number of hydrogen-bond acceptors (Lipinski definition) is 2. The summed E-state index contributed by atoms with van der Waals surface area (Å²) in [5, 5.41) is 4.82. The Morgan fingerprint density at radius 1 is 1.05 bits per heavy atom. The summed E-state index contributed by atoms with van der Waals surface area (Å²) in [6.45, 7) is 2.14. The van der Waals surface area contributed by atoms with Gasteiger partial charge in [-0.05, 0) is 55.0 Å². The van der Waals surface area contributed by atoms with Gasteiger partial charge >= 0.3 is 0 Å². The summed E-state index contributed by atoms with van der Waals surface area (Å²) in [4.78, 5) is 3.71. The lowest BCUT2D eigenvalue weighted by Crippen LogP contribution is -2.16. The standard InChI is InChI=1S/C16H20N2O/c1-19-14-9-10-3-2-4-11(10)16-15(14)12-5-7-17-8-6-13(12)18-16/h9,17-18H,2-8H2,1H3. The molecule has 0 amide bonds. The van der Waals surface area contributed by atoms with Crippen molar-refractivity contribution in [2.24, 2.45) is 0 Å². The molecule has 0 fully saturated rings. The summed E-state index contributed by atoms with van der Waals surface area (Å²) < 4.78 is 5.68. The van der Waals surface area contributed by atoms with Crippen LogP contribution in [0.4, 0.5) is 0 Å². The lowest BCUT2D eigenvalue weighted by molar-refractivity contribution is 0.419. The second-order valence-electron chi connectivity index (χ2n) is 5.65. The molecule has 19 heavy (non-hydrogen) atoms. The molecule has 0 spiro atoms. The Morgan fingerprint density at radius 2 is 1.95 bits per heavy atom. The molecular formula is C16H20N2O. The predicted molar refractivity (Wildman–Crippen MR) is 77.2 cm³/mol. The molecule has 3 nitrogen and oxygen atoms in total. The van der Waals surface area contributed by atoms with E-state index >= 15 is 0 Å². The van der Waals surface area contributed by atoms with Crippen LogP contribution in [0.3, 0.4) is 0 Å². The van der Waals surface area contributed by atoms with Crippen molar-refractivity contribution in [2.45, 2.75) is 32.1 Å². The topological polar surface area (TPSA) is 37.0 Å². The molecule has 0 bridgehead atoms. The van der Waals surface area contributed by atoms with Crippen LogP contribution in [-0.2, 0) is 25.7 Å². The van der Waals surface area contributed by atoms with Gasteiger partial charge in [-0.25, -0.2) is 0 Å². The molecule has 1 aliphatic heterocycles. The van der Waals surface area contributed by atoms with Crippen molar-refractivity contribution in [3.05, 3.63) is 28.5 Å². The predicted octanol–water partition coefficient (Wildman–Crippen LogP) is 2.35. The maximum atomic E-state index is 5.68. The van der Waals surface area contributed by atoms with Gasteiger partial charge in [-0.2, -0.15) is 0 Å². The summed E-state index contributed by atoms with van der Waals surface area (Å²) in [6, 6.07) is 2.27. The Balaban J connectivity index is 2.04. The number of aryl methyl sites for hydroxylation is 2. The molecule has 1 aromatic heterocycles. The van der Waals surface area contributed by atoms with Crippen molar-refractivity contribution in [2.75, 3.05) is 20.2 Å². The molecule has 100 valence electrons. The molecule has 1 aromatic carbocycles. The molecule has 1 aliphatic carbocycles. The van der Waals surface area contributed by atoms with Gasteiger partial charge in [0.25, 0.3) is 0 Å². The molecular weight excluding hydrogens is 236 g/mol. The van der Waals surface area contributed by atoms with Gasteiger partial charge in [0.05, 0.1) is 12.6 Å². The fraction of sp³-hybridized carbons (Fsp3) is 0.500. The molecule has 2 aromatic rings. The molecule has 0 radical (unpaired) electrons. The minimum atomic E-state index is 1.06. The van der Waals surface area contributed by atoms with E-state index in [2.05, 4.69) is 16.4 Å². The van der Waals surface area contributed by atoms with E-state index in [4.69, 9.17) is 4.74 Å². The molecule has 4 rings (SSSR count). The summed E-state index contributed by atoms with van der Waals surface area (Å²) in [7, 11) is 1.80. The highest BCUT2D eigenvalue weighted by molar-refractivity contribution is 5.94. The minimum absolute atomic E-state index is 1.06. The summed E-state index contributed by atoms with van der Waals surface area (Å²) in [5.74, 6) is 1.06. The SMILES string of the molecule is COc1cc2c(c3[nH]c4c(c13)CCNCC4)CCC2. The van der Waals surface area contributed by atoms with Crippen molar-refractivity contribution in [3.63, 3.8) is 0 Å². The van der Waals surface area contributed by atoms with Crippen molar-refractivity contribution in [1.29, 1.82) is 0 Å². The van der Waals surface area contributed by atoms with Crippen molar-refractivity contribution in [1.82, 2.24) is 10.3 Å². The van der Waals surface area contributed by atoms with Gasteiger partial charge in [0.15, 0.2) is 0 Å². The van der Waals surface area contributed by atoms with Crippen LogP contribution in [0.5, 0.6) is 5.75 Å². The number of aromatic nitrogens is 1. The van der Waals surface area contributed by atoms with E-state index in [9.17, 15) is 0 Å². The number of nitrogens with one attached hydrogen (secondary N) is 2. The second kappa shape index (κ2) is 4.27. The summed E-state index contributed by atoms with van der Waals surface area (Å²) >= 11 is 0. The Bertz CT molecular complexity index is 642. The molecule has 0 atom stereocenters. The fourth-order valence-electron chi connectivity index (χ4n) is 3.73. The molecule has 0 saturated heterocycles. The highest BCUT2D eigenvalue weighted by Crippen LogP contribution is 2.39. The van der Waals surface area contributed by atoms with E-state index < -0.39 is 0 Å². The van der Waals surface area contributed by atoms with Gasteiger partial charge < -0.3 is 15.0 Å². The Hall–Kier alpha value is -1.48. The molecule has 2 N–H and O–H groups in total. The third kappa shape index (κ3) is 1.61. The fourth-order valence-corrected chi connectivity index (χ4v) is 3.73. The Morgan fingerprint density at radius 3 is 2.84 bits per heavy atom. The molecule has 0 saturated carbocycles. The number of hydrogen-bond donors (Lipinski definition) is 2. The lowest BCUT2D eigenvalue weighted by Gasteiger charge is -2.09. The van der Waals surface area contributed by atoms with Crippen LogP contribution >= 0.6 is 0 Å². The zero-order valence-electron chi connectivity index (χ0n) is 11.4. The largest absolute Gasteiger partial charge is 0.496 e. The number of rotatable bonds is 1. The number of methoxy groups -OCH3 is 1. The van der Waals surface area contributed by atoms with Crippen LogP contribution < -0.4 is 10.1 Å². The van der Waals surface area contributed by atoms with Gasteiger partial charge in [0, 0.05) is 24.0 Å². The molecule has 2 heterocycles. The zero-order valence-corrected chi connectivity index (χ0v) is 11.4. The maximum absolute atomic E-state index is 5.68. The van der Waals surface area contributed by atoms with Crippen LogP contribution in [-0.4, -0.2) is 25.2 Å². The normalized spacial score (nSPS) is 18.2. The van der Waals surface area contributed by atoms with Crippen LogP contribution in [0.15, 0.2) is 6.07 Å². The van der Waals surface area contributed by atoms with E-state index in [0.29, 0.717) is 0 Å². The van der Waals surface area contributed by atoms with Crippen LogP contribution in [0.1, 0.15) is 28.8 Å². The van der Waals surface area contributed by atoms with Crippen LogP contribution in [0.25, 0.3) is 10.9 Å².